The topological polar surface area (TPSA) is 54.9 Å². The second kappa shape index (κ2) is 12.7. The summed E-state index contributed by atoms with van der Waals surface area (Å²) in [5.74, 6) is 0.688. The molecule has 41 heavy (non-hydrogen) atoms. The zero-order valence-electron chi connectivity index (χ0n) is 22.8. The molecule has 0 spiro atoms. The van der Waals surface area contributed by atoms with Gasteiger partial charge in [0.2, 0.25) is 5.88 Å². The summed E-state index contributed by atoms with van der Waals surface area (Å²) in [4.78, 5) is 21.4. The Morgan fingerprint density at radius 1 is 0.878 bits per heavy atom. The molecule has 6 rings (SSSR count). The first-order valence-electron chi connectivity index (χ1n) is 14.0. The van der Waals surface area contributed by atoms with Crippen LogP contribution in [0.1, 0.15) is 28.2 Å². The highest BCUT2D eigenvalue weighted by Crippen LogP contribution is 2.44. The molecule has 1 saturated heterocycles. The quantitative estimate of drug-likeness (QED) is 0.215. The third-order valence-corrected chi connectivity index (χ3v) is 8.16. The number of amides is 1. The number of halogens is 1. The summed E-state index contributed by atoms with van der Waals surface area (Å²) < 4.78 is 12.4. The molecule has 7 heteroatoms. The van der Waals surface area contributed by atoms with Gasteiger partial charge < -0.3 is 14.4 Å². The third kappa shape index (κ3) is 6.53. The van der Waals surface area contributed by atoms with Gasteiger partial charge in [0, 0.05) is 55.4 Å². The third-order valence-electron chi connectivity index (χ3n) is 7.69. The Hall–Kier alpha value is -3.94. The van der Waals surface area contributed by atoms with Crippen LogP contribution in [0.4, 0.5) is 4.79 Å². The number of pyridine rings is 1. The van der Waals surface area contributed by atoms with Crippen LogP contribution in [0.5, 0.6) is 5.88 Å². The molecule has 208 valence electrons. The Bertz CT molecular complexity index is 1470. The Kier molecular flexibility index (Phi) is 8.44. The van der Waals surface area contributed by atoms with Gasteiger partial charge in [-0.2, -0.15) is 0 Å². The lowest BCUT2D eigenvalue weighted by Gasteiger charge is -2.34. The number of nitrogens with zero attached hydrogens (tertiary/aromatic N) is 3. The van der Waals surface area contributed by atoms with Crippen molar-refractivity contribution in [2.24, 2.45) is 0 Å². The van der Waals surface area contributed by atoms with Crippen LogP contribution in [0, 0.1) is 0 Å². The maximum atomic E-state index is 12.9. The zero-order chi connectivity index (χ0) is 28.0. The second-order valence-corrected chi connectivity index (χ2v) is 11.3. The lowest BCUT2D eigenvalue weighted by Crippen LogP contribution is -2.48. The largest absolute Gasteiger partial charge is 0.473 e. The van der Waals surface area contributed by atoms with E-state index in [9.17, 15) is 4.79 Å². The van der Waals surface area contributed by atoms with Crippen LogP contribution >= 0.6 is 15.9 Å². The van der Waals surface area contributed by atoms with Gasteiger partial charge in [-0.1, -0.05) is 78.9 Å². The van der Waals surface area contributed by atoms with Crippen molar-refractivity contribution >= 4 is 28.1 Å². The van der Waals surface area contributed by atoms with Crippen LogP contribution in [0.3, 0.4) is 0 Å². The first-order valence-corrected chi connectivity index (χ1v) is 14.8. The summed E-state index contributed by atoms with van der Waals surface area (Å²) in [5, 5.41) is 0. The number of rotatable bonds is 8. The normalized spacial score (nSPS) is 15.1. The maximum Gasteiger partial charge on any atom is 0.409 e. The molecule has 6 nitrogen and oxygen atoms in total. The van der Waals surface area contributed by atoms with Crippen LogP contribution in [0.25, 0.3) is 17.2 Å². The van der Waals surface area contributed by atoms with Crippen molar-refractivity contribution < 1.29 is 14.3 Å². The average Bonchev–Trinajstić information content (AvgIpc) is 3.34. The summed E-state index contributed by atoms with van der Waals surface area (Å²) in [5.41, 5.74) is 7.33. The minimum atomic E-state index is -0.220. The number of piperazine rings is 1. The first kappa shape index (κ1) is 27.2. The lowest BCUT2D eigenvalue weighted by atomic mass is 9.98. The van der Waals surface area contributed by atoms with E-state index in [0.29, 0.717) is 32.2 Å². The van der Waals surface area contributed by atoms with E-state index in [0.717, 1.165) is 29.7 Å². The first-order chi connectivity index (χ1) is 20.1. The number of ether oxygens (including phenoxy) is 2. The molecule has 1 amide bonds. The predicted molar refractivity (Wildman–Crippen MR) is 165 cm³/mol. The minimum Gasteiger partial charge on any atom is -0.473 e. The number of carbonyl (C=O) groups excluding carboxylic acids is 1. The number of hydrogen-bond donors (Lipinski definition) is 0. The zero-order valence-corrected chi connectivity index (χ0v) is 24.4. The summed E-state index contributed by atoms with van der Waals surface area (Å²) in [6.45, 7) is 4.68. The van der Waals surface area contributed by atoms with Crippen LogP contribution in [0.2, 0.25) is 0 Å². The SMILES string of the molecule is O=C(OCC1c2ccccc2-c2ccccc21)N1CCN(Cc2ccc(C=CCOc3ccc(Br)cn3)cc2)CC1. The predicted octanol–water partition coefficient (Wildman–Crippen LogP) is 7.00. The monoisotopic (exact) mass is 609 g/mol. The Morgan fingerprint density at radius 3 is 2.22 bits per heavy atom. The molecule has 0 atom stereocenters. The van der Waals surface area contributed by atoms with Crippen LogP contribution in [0.15, 0.2) is 102 Å². The molecule has 1 aliphatic heterocycles. The molecular weight excluding hydrogens is 578 g/mol. The van der Waals surface area contributed by atoms with Gasteiger partial charge in [-0.05, 0) is 61.5 Å². The molecule has 2 heterocycles. The molecule has 1 aliphatic carbocycles. The second-order valence-electron chi connectivity index (χ2n) is 10.3. The van der Waals surface area contributed by atoms with Gasteiger partial charge in [-0.15, -0.1) is 0 Å². The molecule has 1 fully saturated rings. The van der Waals surface area contributed by atoms with Gasteiger partial charge in [0.25, 0.3) is 0 Å². The number of hydrogen-bond acceptors (Lipinski definition) is 5. The van der Waals surface area contributed by atoms with E-state index in [4.69, 9.17) is 9.47 Å². The molecule has 0 unspecified atom stereocenters. The van der Waals surface area contributed by atoms with Gasteiger partial charge >= 0.3 is 6.09 Å². The molecule has 0 saturated carbocycles. The highest BCUT2D eigenvalue weighted by Gasteiger charge is 2.30. The highest BCUT2D eigenvalue weighted by atomic mass is 79.9. The average molecular weight is 611 g/mol. The van der Waals surface area contributed by atoms with E-state index in [2.05, 4.69) is 105 Å². The van der Waals surface area contributed by atoms with E-state index in [1.165, 1.54) is 27.8 Å². The maximum absolute atomic E-state index is 12.9. The fraction of sp³-hybridized carbons (Fsp3) is 0.235. The van der Waals surface area contributed by atoms with Gasteiger partial charge in [0.05, 0.1) is 0 Å². The Morgan fingerprint density at radius 2 is 1.56 bits per heavy atom. The van der Waals surface area contributed by atoms with E-state index in [-0.39, 0.29) is 12.0 Å². The van der Waals surface area contributed by atoms with E-state index < -0.39 is 0 Å². The molecule has 1 aromatic heterocycles. The van der Waals surface area contributed by atoms with Gasteiger partial charge in [-0.3, -0.25) is 4.90 Å². The van der Waals surface area contributed by atoms with Crippen molar-refractivity contribution in [1.82, 2.24) is 14.8 Å². The van der Waals surface area contributed by atoms with Gasteiger partial charge in [0.1, 0.15) is 13.2 Å². The van der Waals surface area contributed by atoms with Crippen LogP contribution in [-0.2, 0) is 11.3 Å². The van der Waals surface area contributed by atoms with Crippen molar-refractivity contribution in [2.45, 2.75) is 12.5 Å². The lowest BCUT2D eigenvalue weighted by molar-refractivity contribution is 0.0728. The molecule has 4 aromatic rings. The molecule has 2 aliphatic rings. The summed E-state index contributed by atoms with van der Waals surface area (Å²) in [6, 6.07) is 29.2. The number of fused-ring (bicyclic) bond motifs is 3. The molecule has 3 aromatic carbocycles. The standard InChI is InChI=1S/C34H32BrN3O3/c35-27-15-16-33(36-22-27)40-21-5-6-25-11-13-26(14-12-25)23-37-17-19-38(20-18-37)34(39)41-24-32-30-9-3-1-7-28(30)29-8-2-4-10-31(29)32/h1-16,22,32H,17-21,23-24H2. The molecule has 0 bridgehead atoms. The van der Waals surface area contributed by atoms with Crippen molar-refractivity contribution in [3.63, 3.8) is 0 Å². The van der Waals surface area contributed by atoms with Crippen molar-refractivity contribution in [1.29, 1.82) is 0 Å². The Labute approximate surface area is 249 Å². The van der Waals surface area contributed by atoms with Crippen molar-refractivity contribution in [3.8, 4) is 17.0 Å². The van der Waals surface area contributed by atoms with Crippen LogP contribution in [-0.4, -0.2) is 60.3 Å². The van der Waals surface area contributed by atoms with Crippen LogP contribution < -0.4 is 4.74 Å². The highest BCUT2D eigenvalue weighted by molar-refractivity contribution is 9.10. The minimum absolute atomic E-state index is 0.0847. The smallest absolute Gasteiger partial charge is 0.409 e. The number of carbonyl (C=O) groups is 1. The molecule has 0 N–H and O–H groups in total. The summed E-state index contributed by atoms with van der Waals surface area (Å²) >= 11 is 3.37. The fourth-order valence-electron chi connectivity index (χ4n) is 5.53. The fourth-order valence-corrected chi connectivity index (χ4v) is 5.77. The van der Waals surface area contributed by atoms with E-state index >= 15 is 0 Å². The number of aromatic nitrogens is 1. The molecule has 0 radical (unpaired) electrons. The van der Waals surface area contributed by atoms with Crippen molar-refractivity contribution in [3.05, 3.63) is 124 Å². The van der Waals surface area contributed by atoms with Gasteiger partial charge in [0.15, 0.2) is 0 Å². The summed E-state index contributed by atoms with van der Waals surface area (Å²) in [6.07, 6.45) is 5.54. The summed E-state index contributed by atoms with van der Waals surface area (Å²) in [7, 11) is 0. The van der Waals surface area contributed by atoms with Gasteiger partial charge in [-0.25, -0.2) is 9.78 Å². The van der Waals surface area contributed by atoms with Crippen molar-refractivity contribution in [2.75, 3.05) is 39.4 Å². The number of benzene rings is 3. The Balaban J connectivity index is 0.945. The van der Waals surface area contributed by atoms with E-state index in [1.54, 1.807) is 6.20 Å². The molecular formula is C34H32BrN3O3. The van der Waals surface area contributed by atoms with E-state index in [1.807, 2.05) is 23.1 Å².